The number of fused-ring (bicyclic) bond motifs is 2. The zero-order valence-electron chi connectivity index (χ0n) is 17.0. The van der Waals surface area contributed by atoms with Crippen LogP contribution in [0.2, 0.25) is 0 Å². The highest BCUT2D eigenvalue weighted by Gasteiger charge is 2.19. The van der Waals surface area contributed by atoms with Gasteiger partial charge in [-0.3, -0.25) is 14.2 Å². The minimum Gasteiger partial charge on any atom is -0.383 e. The number of para-hydroxylation sites is 1. The molecule has 6 heteroatoms. The fraction of sp³-hybridized carbons (Fsp3) is 0.208. The van der Waals surface area contributed by atoms with Gasteiger partial charge < -0.3 is 10.1 Å². The van der Waals surface area contributed by atoms with Crippen LogP contribution in [0.25, 0.3) is 21.7 Å². The lowest BCUT2D eigenvalue weighted by molar-refractivity contribution is 0.0937. The highest BCUT2D eigenvalue weighted by atomic mass is 16.5. The van der Waals surface area contributed by atoms with Crippen LogP contribution in [0.15, 0.2) is 71.5 Å². The van der Waals surface area contributed by atoms with E-state index in [0.29, 0.717) is 35.4 Å². The van der Waals surface area contributed by atoms with Gasteiger partial charge in [-0.05, 0) is 42.0 Å². The Hall–Kier alpha value is -3.51. The van der Waals surface area contributed by atoms with Crippen molar-refractivity contribution in [1.29, 1.82) is 0 Å². The van der Waals surface area contributed by atoms with Crippen molar-refractivity contribution in [3.8, 4) is 0 Å². The van der Waals surface area contributed by atoms with E-state index >= 15 is 0 Å². The number of hydrogen-bond donors (Lipinski definition) is 1. The van der Waals surface area contributed by atoms with Gasteiger partial charge in [0, 0.05) is 12.7 Å². The number of carbonyl (C=O) groups excluding carboxylic acids is 1. The molecule has 0 saturated heterocycles. The summed E-state index contributed by atoms with van der Waals surface area (Å²) in [5.41, 5.74) is 1.03. The summed E-state index contributed by atoms with van der Waals surface area (Å²) in [6.45, 7) is 2.57. The number of rotatable bonds is 6. The van der Waals surface area contributed by atoms with Crippen LogP contribution in [-0.2, 0) is 11.3 Å². The van der Waals surface area contributed by atoms with Gasteiger partial charge in [0.1, 0.15) is 5.82 Å². The summed E-state index contributed by atoms with van der Waals surface area (Å²) in [6, 6.07) is 20.3. The fourth-order valence-electron chi connectivity index (χ4n) is 3.59. The molecule has 0 aliphatic heterocycles. The molecule has 0 spiro atoms. The third-order valence-corrected chi connectivity index (χ3v) is 5.16. The maximum atomic E-state index is 13.0. The molecule has 0 aliphatic carbocycles. The summed E-state index contributed by atoms with van der Waals surface area (Å²) in [5, 5.41) is 5.60. The van der Waals surface area contributed by atoms with Gasteiger partial charge in [0.25, 0.3) is 11.5 Å². The second kappa shape index (κ2) is 8.47. The van der Waals surface area contributed by atoms with Crippen LogP contribution in [0.5, 0.6) is 0 Å². The number of aromatic nitrogens is 2. The van der Waals surface area contributed by atoms with Crippen molar-refractivity contribution in [1.82, 2.24) is 14.9 Å². The monoisotopic (exact) mass is 401 g/mol. The molecule has 152 valence electrons. The third kappa shape index (κ3) is 3.82. The van der Waals surface area contributed by atoms with Crippen LogP contribution in [0.1, 0.15) is 29.1 Å². The van der Waals surface area contributed by atoms with Gasteiger partial charge in [0.2, 0.25) is 0 Å². The molecular formula is C24H23N3O3. The summed E-state index contributed by atoms with van der Waals surface area (Å²) in [7, 11) is 1.59. The first-order chi connectivity index (χ1) is 14.6. The Morgan fingerprint density at radius 1 is 1.07 bits per heavy atom. The van der Waals surface area contributed by atoms with Crippen molar-refractivity contribution < 1.29 is 9.53 Å². The number of ether oxygens (including phenoxy) is 1. The number of nitrogens with zero attached hydrogens (tertiary/aromatic N) is 2. The standard InChI is InChI=1S/C24H23N3O3/c1-16(25-23(28)19-12-11-17-7-3-4-8-18(17)15-19)22-26-21-10-6-5-9-20(21)24(29)27(22)13-14-30-2/h3-12,15-16H,13-14H2,1-2H3,(H,25,28)/t16-/m0/s1. The Morgan fingerprint density at radius 3 is 2.60 bits per heavy atom. The number of methoxy groups -OCH3 is 1. The SMILES string of the molecule is COCCn1c([C@H](C)NC(=O)c2ccc3ccccc3c2)nc2ccccc2c1=O. The summed E-state index contributed by atoms with van der Waals surface area (Å²) in [5.74, 6) is 0.291. The number of nitrogens with one attached hydrogen (secondary N) is 1. The molecule has 3 aromatic carbocycles. The van der Waals surface area contributed by atoms with Crippen molar-refractivity contribution >= 4 is 27.6 Å². The third-order valence-electron chi connectivity index (χ3n) is 5.16. The Morgan fingerprint density at radius 2 is 1.80 bits per heavy atom. The second-order valence-corrected chi connectivity index (χ2v) is 7.19. The molecular weight excluding hydrogens is 378 g/mol. The molecule has 0 fully saturated rings. The largest absolute Gasteiger partial charge is 0.383 e. The lowest BCUT2D eigenvalue weighted by atomic mass is 10.1. The summed E-state index contributed by atoms with van der Waals surface area (Å²) < 4.78 is 6.74. The van der Waals surface area contributed by atoms with Gasteiger partial charge in [-0.2, -0.15) is 0 Å². The van der Waals surface area contributed by atoms with Crippen molar-refractivity contribution in [2.24, 2.45) is 0 Å². The van der Waals surface area contributed by atoms with Gasteiger partial charge in [0.05, 0.1) is 30.1 Å². The predicted octanol–water partition coefficient (Wildman–Crippen LogP) is 3.69. The van der Waals surface area contributed by atoms with E-state index in [1.165, 1.54) is 0 Å². The molecule has 30 heavy (non-hydrogen) atoms. The average molecular weight is 401 g/mol. The first-order valence-corrected chi connectivity index (χ1v) is 9.86. The Balaban J connectivity index is 1.68. The molecule has 1 amide bonds. The minimum absolute atomic E-state index is 0.139. The van der Waals surface area contributed by atoms with Gasteiger partial charge in [-0.15, -0.1) is 0 Å². The van der Waals surface area contributed by atoms with Gasteiger partial charge in [0.15, 0.2) is 0 Å². The van der Waals surface area contributed by atoms with Crippen molar-refractivity contribution in [2.75, 3.05) is 13.7 Å². The molecule has 1 atom stereocenters. The van der Waals surface area contributed by atoms with Crippen LogP contribution in [0, 0.1) is 0 Å². The number of amides is 1. The molecule has 1 aromatic heterocycles. The first kappa shape index (κ1) is 19.8. The first-order valence-electron chi connectivity index (χ1n) is 9.86. The number of hydrogen-bond acceptors (Lipinski definition) is 4. The molecule has 1 heterocycles. The highest BCUT2D eigenvalue weighted by Crippen LogP contribution is 2.18. The summed E-state index contributed by atoms with van der Waals surface area (Å²) >= 11 is 0. The second-order valence-electron chi connectivity index (χ2n) is 7.19. The van der Waals surface area contributed by atoms with Gasteiger partial charge in [-0.1, -0.05) is 42.5 Å². The van der Waals surface area contributed by atoms with Crippen LogP contribution in [0.4, 0.5) is 0 Å². The Bertz CT molecular complexity index is 1280. The molecule has 0 aliphatic rings. The smallest absolute Gasteiger partial charge is 0.261 e. The average Bonchev–Trinajstić information content (AvgIpc) is 2.78. The van der Waals surface area contributed by atoms with Gasteiger partial charge >= 0.3 is 0 Å². The number of carbonyl (C=O) groups is 1. The quantitative estimate of drug-likeness (QED) is 0.535. The van der Waals surface area contributed by atoms with Crippen LogP contribution >= 0.6 is 0 Å². The maximum Gasteiger partial charge on any atom is 0.261 e. The predicted molar refractivity (Wildman–Crippen MR) is 118 cm³/mol. The molecule has 6 nitrogen and oxygen atoms in total. The van der Waals surface area contributed by atoms with E-state index in [1.807, 2.05) is 55.5 Å². The van der Waals surface area contributed by atoms with E-state index in [0.717, 1.165) is 10.8 Å². The van der Waals surface area contributed by atoms with E-state index < -0.39 is 6.04 Å². The fourth-order valence-corrected chi connectivity index (χ4v) is 3.59. The molecule has 4 aromatic rings. The minimum atomic E-state index is -0.460. The summed E-state index contributed by atoms with van der Waals surface area (Å²) in [4.78, 5) is 30.6. The van der Waals surface area contributed by atoms with E-state index in [1.54, 1.807) is 29.9 Å². The Labute approximate surface area is 174 Å². The lowest BCUT2D eigenvalue weighted by Crippen LogP contribution is -2.34. The van der Waals surface area contributed by atoms with E-state index in [4.69, 9.17) is 4.74 Å². The van der Waals surface area contributed by atoms with E-state index in [-0.39, 0.29) is 11.5 Å². The zero-order chi connectivity index (χ0) is 21.1. The van der Waals surface area contributed by atoms with Crippen LogP contribution in [-0.4, -0.2) is 29.2 Å². The van der Waals surface area contributed by atoms with Crippen LogP contribution in [0.3, 0.4) is 0 Å². The van der Waals surface area contributed by atoms with Crippen molar-refractivity contribution in [3.63, 3.8) is 0 Å². The molecule has 1 N–H and O–H groups in total. The Kier molecular flexibility index (Phi) is 5.59. The zero-order valence-corrected chi connectivity index (χ0v) is 17.0. The lowest BCUT2D eigenvalue weighted by Gasteiger charge is -2.19. The normalized spacial score (nSPS) is 12.2. The maximum absolute atomic E-state index is 13.0. The number of benzene rings is 3. The molecule has 4 rings (SSSR count). The molecule has 0 saturated carbocycles. The van der Waals surface area contributed by atoms with Crippen molar-refractivity contribution in [3.05, 3.63) is 88.5 Å². The van der Waals surface area contributed by atoms with Crippen molar-refractivity contribution in [2.45, 2.75) is 19.5 Å². The van der Waals surface area contributed by atoms with E-state index in [9.17, 15) is 9.59 Å². The molecule has 0 bridgehead atoms. The van der Waals surface area contributed by atoms with E-state index in [2.05, 4.69) is 10.3 Å². The van der Waals surface area contributed by atoms with Gasteiger partial charge in [-0.25, -0.2) is 4.98 Å². The topological polar surface area (TPSA) is 73.2 Å². The summed E-state index contributed by atoms with van der Waals surface area (Å²) in [6.07, 6.45) is 0. The highest BCUT2D eigenvalue weighted by molar-refractivity contribution is 5.98. The molecule has 0 unspecified atom stereocenters. The molecule has 0 radical (unpaired) electrons. The van der Waals surface area contributed by atoms with Crippen LogP contribution < -0.4 is 10.9 Å².